The Morgan fingerprint density at radius 2 is 0.938 bits per heavy atom. The maximum atomic E-state index is 9.66. The third-order valence-electron chi connectivity index (χ3n) is 12.3. The molecule has 0 bridgehead atoms. The highest BCUT2D eigenvalue weighted by atomic mass is 16.3. The molecule has 0 unspecified atom stereocenters. The van der Waals surface area contributed by atoms with Gasteiger partial charge in [0, 0.05) is 38.4 Å². The minimum Gasteiger partial charge on any atom is -0.455 e. The monoisotopic (exact) mass is 820 g/mol. The van der Waals surface area contributed by atoms with Gasteiger partial charge in [-0.1, -0.05) is 182 Å². The smallest absolute Gasteiger partial charge is 0.167 e. The lowest BCUT2D eigenvalue weighted by Gasteiger charge is -2.13. The molecule has 3 aromatic heterocycles. The summed E-state index contributed by atoms with van der Waals surface area (Å²) in [5.74, 6) is 0.573. The van der Waals surface area contributed by atoms with Crippen LogP contribution in [0.4, 0.5) is 0 Å². The molecule has 0 aliphatic heterocycles. The molecule has 0 atom stereocenters. The molecular weight excluding hydrogens is 781 g/mol. The zero-order valence-corrected chi connectivity index (χ0v) is 34.2. The van der Waals surface area contributed by atoms with Crippen molar-refractivity contribution in [2.24, 2.45) is 0 Å². The normalized spacial score (nSPS) is 12.6. The van der Waals surface area contributed by atoms with Crippen molar-refractivity contribution in [2.45, 2.75) is 0 Å². The van der Waals surface area contributed by atoms with E-state index in [4.69, 9.17) is 19.4 Å². The van der Waals surface area contributed by atoms with Gasteiger partial charge in [-0.25, -0.2) is 15.0 Å². The second kappa shape index (κ2) is 14.5. The predicted molar refractivity (Wildman–Crippen MR) is 264 cm³/mol. The molecule has 0 saturated heterocycles. The summed E-state index contributed by atoms with van der Waals surface area (Å²) in [5, 5.41) is 7.80. The van der Waals surface area contributed by atoms with Gasteiger partial charge in [0.1, 0.15) is 11.2 Å². The minimum absolute atomic E-state index is 0.0114. The van der Waals surface area contributed by atoms with E-state index in [2.05, 4.69) is 71.3 Å². The van der Waals surface area contributed by atoms with Crippen molar-refractivity contribution in [1.29, 1.82) is 0 Å². The van der Waals surface area contributed by atoms with Crippen molar-refractivity contribution in [3.63, 3.8) is 0 Å². The lowest BCUT2D eigenvalue weighted by Crippen LogP contribution is -2.01. The van der Waals surface area contributed by atoms with Gasteiger partial charge in [-0.15, -0.1) is 0 Å². The molecule has 5 heteroatoms. The van der Waals surface area contributed by atoms with Crippen molar-refractivity contribution in [2.75, 3.05) is 0 Å². The molecule has 0 aliphatic carbocycles. The van der Waals surface area contributed by atoms with Crippen molar-refractivity contribution < 1.29 is 9.90 Å². The first-order valence-electron chi connectivity index (χ1n) is 23.3. The molecule has 0 saturated carbocycles. The van der Waals surface area contributed by atoms with Crippen LogP contribution in [-0.2, 0) is 0 Å². The number of benzene rings is 10. The number of fused-ring (bicyclic) bond motifs is 9. The number of hydrogen-bond donors (Lipinski definition) is 0. The first kappa shape index (κ1) is 32.1. The number of para-hydroxylation sites is 2. The highest BCUT2D eigenvalue weighted by molar-refractivity contribution is 6.17. The van der Waals surface area contributed by atoms with E-state index in [1.54, 1.807) is 0 Å². The topological polar surface area (TPSA) is 56.7 Å². The number of hydrogen-bond acceptors (Lipinski definition) is 4. The van der Waals surface area contributed by atoms with Crippen LogP contribution in [0.1, 0.15) is 5.48 Å². The van der Waals surface area contributed by atoms with Crippen LogP contribution in [0, 0.1) is 0 Å². The summed E-state index contributed by atoms with van der Waals surface area (Å²) in [6.07, 6.45) is 0. The van der Waals surface area contributed by atoms with E-state index >= 15 is 0 Å². The highest BCUT2D eigenvalue weighted by Gasteiger charge is 2.23. The van der Waals surface area contributed by atoms with Crippen LogP contribution >= 0.6 is 0 Å². The molecule has 10 aromatic carbocycles. The Balaban J connectivity index is 1.11. The third kappa shape index (κ3) is 5.75. The summed E-state index contributed by atoms with van der Waals surface area (Å²) < 4.78 is 47.7. The Morgan fingerprint density at radius 3 is 1.66 bits per heavy atom. The van der Waals surface area contributed by atoms with Gasteiger partial charge in [0.15, 0.2) is 17.5 Å². The van der Waals surface area contributed by atoms with E-state index in [1.807, 2.05) is 127 Å². The van der Waals surface area contributed by atoms with Gasteiger partial charge in [0.05, 0.1) is 22.1 Å². The van der Waals surface area contributed by atoms with Gasteiger partial charge >= 0.3 is 0 Å². The van der Waals surface area contributed by atoms with E-state index in [9.17, 15) is 5.48 Å². The Hall–Kier alpha value is -8.67. The minimum atomic E-state index is -0.255. The molecule has 0 N–H and O–H groups in total. The maximum Gasteiger partial charge on any atom is 0.167 e. The van der Waals surface area contributed by atoms with Crippen molar-refractivity contribution in [3.8, 4) is 62.1 Å². The van der Waals surface area contributed by atoms with Crippen LogP contribution in [0.2, 0.25) is 0 Å². The average molecular weight is 821 g/mol. The predicted octanol–water partition coefficient (Wildman–Crippen LogP) is 15.5. The van der Waals surface area contributed by atoms with Gasteiger partial charge in [-0.2, -0.15) is 0 Å². The zero-order chi connectivity index (χ0) is 45.6. The Morgan fingerprint density at radius 1 is 0.375 bits per heavy atom. The molecule has 0 aliphatic rings. The van der Waals surface area contributed by atoms with Gasteiger partial charge in [0.25, 0.3) is 0 Å². The first-order chi connectivity index (χ1) is 33.4. The van der Waals surface area contributed by atoms with Crippen molar-refractivity contribution in [1.82, 2.24) is 19.5 Å². The number of furan rings is 1. The summed E-state index contributed by atoms with van der Waals surface area (Å²) in [6, 6.07) is 63.9. The summed E-state index contributed by atoms with van der Waals surface area (Å²) in [6.45, 7) is 0. The largest absolute Gasteiger partial charge is 0.455 e. The fraction of sp³-hybridized carbons (Fsp3) is 0. The summed E-state index contributed by atoms with van der Waals surface area (Å²) in [4.78, 5) is 15.3. The number of nitrogens with zero attached hydrogens (tertiary/aromatic N) is 4. The molecule has 298 valence electrons. The molecule has 13 rings (SSSR count). The fourth-order valence-electron chi connectivity index (χ4n) is 9.41. The first-order valence-corrected chi connectivity index (χ1v) is 21.3. The molecule has 0 fully saturated rings. The average Bonchev–Trinajstić information content (AvgIpc) is 3.94. The molecule has 3 heterocycles. The zero-order valence-electron chi connectivity index (χ0n) is 38.2. The third-order valence-corrected chi connectivity index (χ3v) is 12.3. The number of rotatable bonds is 6. The standard InChI is InChI=1S/C59H36N4O/c1-3-16-37(17-4-1)44-26-15-29-54-55(44)50-35-42(63-52-27-13-11-24-47(52)48-25-12-14-28-53(48)63)36-51(56(50)64-54)59-61-57(39-18-5-2-6-19-39)60-58(62-59)40-32-30-38(31-33-40)49-34-41-20-7-8-21-43(41)45-22-9-10-23-46(45)49/h1-36H/i30D,31D,32D,33D. The quantitative estimate of drug-likeness (QED) is 0.157. The SMILES string of the molecule is [2H]c1c([2H])c(-c2cc3ccccc3c3ccccc23)c([2H])c([2H])c1-c1nc(-c2ccccc2)nc(-c2cc(-n3c4ccccc4c4ccccc43)cc3c2oc2cccc(-c4ccccc4)c23)n1. The van der Waals surface area contributed by atoms with Crippen LogP contribution in [0.5, 0.6) is 0 Å². The number of aromatic nitrogens is 4. The Kier molecular flexibility index (Phi) is 7.26. The lowest BCUT2D eigenvalue weighted by molar-refractivity contribution is 0.669. The Labute approximate surface area is 373 Å². The molecule has 13 aromatic rings. The van der Waals surface area contributed by atoms with Crippen LogP contribution < -0.4 is 0 Å². The van der Waals surface area contributed by atoms with Gasteiger partial charge < -0.3 is 8.98 Å². The van der Waals surface area contributed by atoms with Crippen LogP contribution in [0.25, 0.3) is 127 Å². The van der Waals surface area contributed by atoms with Crippen LogP contribution in [0.3, 0.4) is 0 Å². The molecule has 0 radical (unpaired) electrons. The highest BCUT2D eigenvalue weighted by Crippen LogP contribution is 2.44. The lowest BCUT2D eigenvalue weighted by atomic mass is 9.93. The summed E-state index contributed by atoms with van der Waals surface area (Å²) >= 11 is 0. The van der Waals surface area contributed by atoms with E-state index in [0.29, 0.717) is 33.7 Å². The van der Waals surface area contributed by atoms with Crippen molar-refractivity contribution >= 4 is 65.3 Å². The van der Waals surface area contributed by atoms with Crippen molar-refractivity contribution in [3.05, 3.63) is 218 Å². The Bertz CT molecular complexity index is 4120. The van der Waals surface area contributed by atoms with Crippen LogP contribution in [-0.4, -0.2) is 19.5 Å². The molecule has 64 heavy (non-hydrogen) atoms. The van der Waals surface area contributed by atoms with Gasteiger partial charge in [0.2, 0.25) is 0 Å². The van der Waals surface area contributed by atoms with E-state index in [1.165, 1.54) is 0 Å². The van der Waals surface area contributed by atoms with E-state index < -0.39 is 0 Å². The van der Waals surface area contributed by atoms with Gasteiger partial charge in [-0.3, -0.25) is 0 Å². The van der Waals surface area contributed by atoms with Gasteiger partial charge in [-0.05, 0) is 80.2 Å². The summed E-state index contributed by atoms with van der Waals surface area (Å²) in [5.41, 5.74) is 8.28. The van der Waals surface area contributed by atoms with E-state index in [0.717, 1.165) is 70.9 Å². The van der Waals surface area contributed by atoms with E-state index in [-0.39, 0.29) is 46.9 Å². The fourth-order valence-corrected chi connectivity index (χ4v) is 9.41. The molecule has 0 amide bonds. The second-order valence-electron chi connectivity index (χ2n) is 16.0. The molecule has 0 spiro atoms. The maximum absolute atomic E-state index is 9.66. The summed E-state index contributed by atoms with van der Waals surface area (Å²) in [7, 11) is 0. The molecular formula is C59H36N4O. The van der Waals surface area contributed by atoms with Crippen LogP contribution in [0.15, 0.2) is 223 Å². The second-order valence-corrected chi connectivity index (χ2v) is 16.0. The molecule has 5 nitrogen and oxygen atoms in total.